The van der Waals surface area contributed by atoms with Crippen LogP contribution in [0.1, 0.15) is 56.2 Å². The average molecular weight is 404 g/mol. The van der Waals surface area contributed by atoms with Crippen molar-refractivity contribution in [1.29, 1.82) is 0 Å². The Morgan fingerprint density at radius 3 is 2.63 bits per heavy atom. The molecule has 1 saturated heterocycles. The number of carbonyl (C=O) groups is 1. The summed E-state index contributed by atoms with van der Waals surface area (Å²) in [5.41, 5.74) is 2.19. The molecule has 1 unspecified atom stereocenters. The van der Waals surface area contributed by atoms with Crippen LogP contribution in [0.25, 0.3) is 11.4 Å². The Labute approximate surface area is 177 Å². The molecule has 6 nitrogen and oxygen atoms in total. The van der Waals surface area contributed by atoms with Crippen molar-refractivity contribution < 1.29 is 4.79 Å². The van der Waals surface area contributed by atoms with Gasteiger partial charge in [-0.05, 0) is 81.4 Å². The van der Waals surface area contributed by atoms with Crippen molar-refractivity contribution in [3.63, 3.8) is 0 Å². The van der Waals surface area contributed by atoms with E-state index in [-0.39, 0.29) is 18.0 Å². The molecule has 1 aromatic rings. The fraction of sp³-hybridized carbons (Fsp3) is 0.458. The Morgan fingerprint density at radius 2 is 1.87 bits per heavy atom. The van der Waals surface area contributed by atoms with Crippen LogP contribution in [-0.4, -0.2) is 44.5 Å². The SMILES string of the molecule is O=C(NC1CCC(n2cccc3ccnc2-3)CC1)C(c1cccnc1)N1CCCC1. The van der Waals surface area contributed by atoms with E-state index in [4.69, 9.17) is 0 Å². The minimum Gasteiger partial charge on any atom is -0.352 e. The molecule has 0 bridgehead atoms. The number of likely N-dealkylation sites (tertiary alicyclic amines) is 1. The second-order valence-corrected chi connectivity index (χ2v) is 8.59. The number of nitrogens with one attached hydrogen (secondary N) is 1. The third-order valence-electron chi connectivity index (χ3n) is 6.67. The predicted molar refractivity (Wildman–Crippen MR) is 116 cm³/mol. The van der Waals surface area contributed by atoms with E-state index in [1.54, 1.807) is 6.20 Å². The number of rotatable bonds is 5. The van der Waals surface area contributed by atoms with Crippen molar-refractivity contribution in [2.75, 3.05) is 13.1 Å². The smallest absolute Gasteiger partial charge is 0.242 e. The van der Waals surface area contributed by atoms with E-state index >= 15 is 0 Å². The standard InChI is InChI=1S/C24H29N5O/c30-24(22(28-14-1-2-15-28)19-5-3-12-25-17-19)27-20-7-9-21(10-8-20)29-16-4-6-18-11-13-26-23(18)29/h3-6,11-13,16-17,20-22H,1-2,7-10,14-15H2,(H,27,30). The molecule has 0 radical (unpaired) electrons. The summed E-state index contributed by atoms with van der Waals surface area (Å²) in [5.74, 6) is 1.19. The lowest BCUT2D eigenvalue weighted by atomic mass is 9.90. The first-order chi connectivity index (χ1) is 14.8. The first-order valence-corrected chi connectivity index (χ1v) is 11.2. The van der Waals surface area contributed by atoms with Crippen LogP contribution in [0.5, 0.6) is 0 Å². The zero-order valence-corrected chi connectivity index (χ0v) is 17.3. The van der Waals surface area contributed by atoms with Crippen LogP contribution < -0.4 is 5.32 Å². The predicted octanol–water partition coefficient (Wildman–Crippen LogP) is 3.82. The molecule has 1 aromatic heterocycles. The second kappa shape index (κ2) is 8.56. The zero-order chi connectivity index (χ0) is 20.3. The van der Waals surface area contributed by atoms with Gasteiger partial charge in [0.05, 0.1) is 0 Å². The molecule has 5 rings (SSSR count). The van der Waals surface area contributed by atoms with Gasteiger partial charge in [-0.15, -0.1) is 0 Å². The maximum absolute atomic E-state index is 13.3. The summed E-state index contributed by atoms with van der Waals surface area (Å²) in [6, 6.07) is 10.7. The van der Waals surface area contributed by atoms with Crippen molar-refractivity contribution in [3.05, 3.63) is 60.7 Å². The summed E-state index contributed by atoms with van der Waals surface area (Å²) in [6.07, 6.45) is 14.1. The quantitative estimate of drug-likeness (QED) is 0.703. The fourth-order valence-electron chi connectivity index (χ4n) is 5.13. The normalized spacial score (nSPS) is 23.5. The molecule has 1 atom stereocenters. The molecule has 3 aliphatic heterocycles. The molecule has 1 N–H and O–H groups in total. The van der Waals surface area contributed by atoms with Gasteiger partial charge in [-0.25, -0.2) is 4.98 Å². The highest BCUT2D eigenvalue weighted by Crippen LogP contribution is 2.33. The first-order valence-electron chi connectivity index (χ1n) is 11.2. The summed E-state index contributed by atoms with van der Waals surface area (Å²) in [4.78, 5) is 24.4. The van der Waals surface area contributed by atoms with Crippen LogP contribution in [0.15, 0.2) is 55.1 Å². The Morgan fingerprint density at radius 1 is 1.03 bits per heavy atom. The van der Waals surface area contributed by atoms with E-state index in [0.29, 0.717) is 6.04 Å². The van der Waals surface area contributed by atoms with Gasteiger partial charge >= 0.3 is 0 Å². The van der Waals surface area contributed by atoms with Crippen molar-refractivity contribution in [3.8, 4) is 11.4 Å². The Hall–Kier alpha value is -2.73. The number of aromatic nitrogens is 3. The number of amides is 1. The topological polar surface area (TPSA) is 63.1 Å². The van der Waals surface area contributed by atoms with Crippen LogP contribution in [-0.2, 0) is 4.79 Å². The van der Waals surface area contributed by atoms with Gasteiger partial charge in [0.15, 0.2) is 0 Å². The molecule has 1 saturated carbocycles. The molecule has 4 heterocycles. The second-order valence-electron chi connectivity index (χ2n) is 8.59. The first kappa shape index (κ1) is 19.2. The molecule has 6 heteroatoms. The van der Waals surface area contributed by atoms with Gasteiger partial charge in [0.25, 0.3) is 0 Å². The van der Waals surface area contributed by atoms with Crippen molar-refractivity contribution >= 4 is 5.91 Å². The Balaban J connectivity index is 1.24. The molecule has 30 heavy (non-hydrogen) atoms. The maximum Gasteiger partial charge on any atom is 0.242 e. The summed E-state index contributed by atoms with van der Waals surface area (Å²) >= 11 is 0. The average Bonchev–Trinajstić information content (AvgIpc) is 3.47. The molecule has 0 spiro atoms. The largest absolute Gasteiger partial charge is 0.352 e. The molecule has 4 aliphatic rings. The minimum atomic E-state index is -0.226. The fourth-order valence-corrected chi connectivity index (χ4v) is 5.13. The van der Waals surface area contributed by atoms with Gasteiger partial charge in [-0.3, -0.25) is 14.7 Å². The van der Waals surface area contributed by atoms with Crippen molar-refractivity contribution in [2.24, 2.45) is 0 Å². The van der Waals surface area contributed by atoms with Gasteiger partial charge in [-0.1, -0.05) is 6.07 Å². The lowest BCUT2D eigenvalue weighted by molar-refractivity contribution is -0.127. The number of hydrogen-bond acceptors (Lipinski definition) is 4. The van der Waals surface area contributed by atoms with E-state index in [2.05, 4.69) is 49.1 Å². The third-order valence-corrected chi connectivity index (χ3v) is 6.67. The number of fused-ring (bicyclic) bond motifs is 1. The highest BCUT2D eigenvalue weighted by Gasteiger charge is 2.32. The number of nitrogens with zero attached hydrogens (tertiary/aromatic N) is 4. The van der Waals surface area contributed by atoms with E-state index < -0.39 is 0 Å². The van der Waals surface area contributed by atoms with Crippen LogP contribution in [0, 0.1) is 0 Å². The summed E-state index contributed by atoms with van der Waals surface area (Å²) < 4.78 is 2.32. The molecule has 2 fully saturated rings. The molecular formula is C24H29N5O. The highest BCUT2D eigenvalue weighted by molar-refractivity contribution is 5.83. The zero-order valence-electron chi connectivity index (χ0n) is 17.3. The van der Waals surface area contributed by atoms with Crippen LogP contribution in [0.3, 0.4) is 0 Å². The molecular weight excluding hydrogens is 374 g/mol. The van der Waals surface area contributed by atoms with E-state index in [9.17, 15) is 4.79 Å². The van der Waals surface area contributed by atoms with Gasteiger partial charge in [0.2, 0.25) is 5.91 Å². The van der Waals surface area contributed by atoms with E-state index in [1.165, 1.54) is 5.56 Å². The number of carbonyl (C=O) groups excluding carboxylic acids is 1. The Kier molecular flexibility index (Phi) is 5.49. The molecule has 1 aliphatic carbocycles. The number of hydrogen-bond donors (Lipinski definition) is 1. The summed E-state index contributed by atoms with van der Waals surface area (Å²) in [7, 11) is 0. The van der Waals surface area contributed by atoms with Crippen LogP contribution >= 0.6 is 0 Å². The summed E-state index contributed by atoms with van der Waals surface area (Å²) in [5, 5.41) is 3.37. The van der Waals surface area contributed by atoms with Gasteiger partial charge in [0.1, 0.15) is 11.9 Å². The highest BCUT2D eigenvalue weighted by atomic mass is 16.2. The third kappa shape index (κ3) is 3.84. The summed E-state index contributed by atoms with van der Waals surface area (Å²) in [6.45, 7) is 1.96. The lowest BCUT2D eigenvalue weighted by Crippen LogP contribution is -2.45. The molecule has 1 amide bonds. The van der Waals surface area contributed by atoms with Crippen LogP contribution in [0.2, 0.25) is 0 Å². The van der Waals surface area contributed by atoms with Crippen molar-refractivity contribution in [2.45, 2.75) is 56.7 Å². The van der Waals surface area contributed by atoms with Gasteiger partial charge in [-0.2, -0.15) is 0 Å². The Bertz CT molecular complexity index is 941. The van der Waals surface area contributed by atoms with E-state index in [0.717, 1.165) is 63.0 Å². The lowest BCUT2D eigenvalue weighted by Gasteiger charge is -2.34. The van der Waals surface area contributed by atoms with E-state index in [1.807, 2.05) is 24.5 Å². The maximum atomic E-state index is 13.3. The molecule has 0 aromatic carbocycles. The van der Waals surface area contributed by atoms with Crippen molar-refractivity contribution in [1.82, 2.24) is 24.8 Å². The minimum absolute atomic E-state index is 0.126. The number of pyridine rings is 2. The van der Waals surface area contributed by atoms with Crippen LogP contribution in [0.4, 0.5) is 0 Å². The van der Waals surface area contributed by atoms with Gasteiger partial charge < -0.3 is 9.88 Å². The monoisotopic (exact) mass is 403 g/mol. The van der Waals surface area contributed by atoms with Gasteiger partial charge in [0, 0.05) is 42.4 Å². The molecule has 156 valence electrons.